The zero-order chi connectivity index (χ0) is 11.4. The highest BCUT2D eigenvalue weighted by Crippen LogP contribution is 2.38. The van der Waals surface area contributed by atoms with Gasteiger partial charge in [0.05, 0.1) is 12.0 Å². The third-order valence-electron chi connectivity index (χ3n) is 2.97. The van der Waals surface area contributed by atoms with Gasteiger partial charge in [-0.05, 0) is 32.2 Å². The van der Waals surface area contributed by atoms with Gasteiger partial charge in [0, 0.05) is 0 Å². The van der Waals surface area contributed by atoms with Crippen molar-refractivity contribution in [2.75, 3.05) is 13.2 Å². The van der Waals surface area contributed by atoms with Gasteiger partial charge in [0.1, 0.15) is 0 Å². The summed E-state index contributed by atoms with van der Waals surface area (Å²) < 4.78 is 5.15. The Bertz CT molecular complexity index is 192. The number of rotatable bonds is 4. The van der Waals surface area contributed by atoms with E-state index < -0.39 is 5.41 Å². The zero-order valence-electron chi connectivity index (χ0n) is 10.0. The molecular formula is C11H23NO2. The molecule has 0 fully saturated rings. The van der Waals surface area contributed by atoms with Crippen molar-refractivity contribution in [2.24, 2.45) is 16.6 Å². The Kier molecular flexibility index (Phi) is 4.59. The Hall–Kier alpha value is -0.570. The fraction of sp³-hybridized carbons (Fsp3) is 0.909. The van der Waals surface area contributed by atoms with Crippen LogP contribution in [-0.2, 0) is 9.53 Å². The molecule has 0 amide bonds. The number of ether oxygens (including phenoxy) is 1. The first-order chi connectivity index (χ1) is 6.23. The van der Waals surface area contributed by atoms with Crippen molar-refractivity contribution in [1.29, 1.82) is 0 Å². The maximum Gasteiger partial charge on any atom is 0.312 e. The average molecular weight is 201 g/mol. The van der Waals surface area contributed by atoms with Gasteiger partial charge in [0.25, 0.3) is 0 Å². The molecule has 0 saturated carbocycles. The topological polar surface area (TPSA) is 52.3 Å². The Morgan fingerprint density at radius 1 is 1.21 bits per heavy atom. The minimum atomic E-state index is -0.457. The summed E-state index contributed by atoms with van der Waals surface area (Å²) in [5.74, 6) is -0.140. The highest BCUT2D eigenvalue weighted by molar-refractivity contribution is 5.76. The van der Waals surface area contributed by atoms with Crippen molar-refractivity contribution in [3.05, 3.63) is 0 Å². The Labute approximate surface area is 87.0 Å². The second-order valence-electron chi connectivity index (χ2n) is 5.15. The highest BCUT2D eigenvalue weighted by atomic mass is 16.5. The highest BCUT2D eigenvalue weighted by Gasteiger charge is 2.40. The predicted octanol–water partition coefficient (Wildman–Crippen LogP) is 1.95. The van der Waals surface area contributed by atoms with E-state index in [0.717, 1.165) is 6.42 Å². The third kappa shape index (κ3) is 3.29. The molecule has 0 bridgehead atoms. The van der Waals surface area contributed by atoms with Gasteiger partial charge >= 0.3 is 5.97 Å². The van der Waals surface area contributed by atoms with Crippen molar-refractivity contribution in [3.8, 4) is 0 Å². The smallest absolute Gasteiger partial charge is 0.312 e. The molecule has 0 rings (SSSR count). The van der Waals surface area contributed by atoms with Crippen LogP contribution in [0.4, 0.5) is 0 Å². The molecule has 0 saturated heterocycles. The number of carbonyl (C=O) groups is 1. The van der Waals surface area contributed by atoms with E-state index in [4.69, 9.17) is 10.5 Å². The molecular weight excluding hydrogens is 178 g/mol. The summed E-state index contributed by atoms with van der Waals surface area (Å²) in [6, 6.07) is 0. The van der Waals surface area contributed by atoms with E-state index in [1.54, 1.807) is 0 Å². The molecule has 0 spiro atoms. The summed E-state index contributed by atoms with van der Waals surface area (Å²) in [6.45, 7) is 10.9. The van der Waals surface area contributed by atoms with Crippen LogP contribution in [0.2, 0.25) is 0 Å². The first-order valence-electron chi connectivity index (χ1n) is 5.11. The Morgan fingerprint density at radius 2 is 1.71 bits per heavy atom. The van der Waals surface area contributed by atoms with E-state index in [-0.39, 0.29) is 11.4 Å². The monoisotopic (exact) mass is 201 g/mol. The molecule has 3 heteroatoms. The van der Waals surface area contributed by atoms with Gasteiger partial charge in [-0.25, -0.2) is 0 Å². The van der Waals surface area contributed by atoms with E-state index in [1.165, 1.54) is 0 Å². The Morgan fingerprint density at radius 3 is 2.07 bits per heavy atom. The summed E-state index contributed by atoms with van der Waals surface area (Å²) in [4.78, 5) is 11.7. The van der Waals surface area contributed by atoms with Gasteiger partial charge in [-0.2, -0.15) is 0 Å². The molecule has 0 unspecified atom stereocenters. The van der Waals surface area contributed by atoms with E-state index >= 15 is 0 Å². The lowest BCUT2D eigenvalue weighted by Gasteiger charge is -2.36. The third-order valence-corrected chi connectivity index (χ3v) is 2.97. The molecule has 0 heterocycles. The molecule has 3 nitrogen and oxygen atoms in total. The summed E-state index contributed by atoms with van der Waals surface area (Å²) in [5, 5.41) is 0. The molecule has 2 N–H and O–H groups in total. The lowest BCUT2D eigenvalue weighted by Crippen LogP contribution is -2.39. The van der Waals surface area contributed by atoms with Crippen LogP contribution in [-0.4, -0.2) is 19.1 Å². The molecule has 0 atom stereocenters. The second-order valence-corrected chi connectivity index (χ2v) is 5.15. The van der Waals surface area contributed by atoms with Gasteiger partial charge in [-0.3, -0.25) is 4.79 Å². The van der Waals surface area contributed by atoms with Crippen LogP contribution in [0.3, 0.4) is 0 Å². The van der Waals surface area contributed by atoms with Gasteiger partial charge in [0.15, 0.2) is 0 Å². The largest absolute Gasteiger partial charge is 0.465 e. The van der Waals surface area contributed by atoms with Gasteiger partial charge in [-0.15, -0.1) is 0 Å². The van der Waals surface area contributed by atoms with E-state index in [0.29, 0.717) is 13.2 Å². The molecule has 0 aliphatic carbocycles. The molecule has 84 valence electrons. The van der Waals surface area contributed by atoms with Crippen LogP contribution in [0.1, 0.15) is 41.0 Å². The molecule has 0 aromatic rings. The van der Waals surface area contributed by atoms with Gasteiger partial charge < -0.3 is 10.5 Å². The maximum atomic E-state index is 11.7. The summed E-state index contributed by atoms with van der Waals surface area (Å²) in [5.41, 5.74) is 4.77. The predicted molar refractivity (Wildman–Crippen MR) is 57.9 cm³/mol. The van der Waals surface area contributed by atoms with Crippen LogP contribution in [0.5, 0.6) is 0 Å². The van der Waals surface area contributed by atoms with Crippen LogP contribution in [0, 0.1) is 10.8 Å². The van der Waals surface area contributed by atoms with Crippen molar-refractivity contribution in [1.82, 2.24) is 0 Å². The van der Waals surface area contributed by atoms with Crippen molar-refractivity contribution >= 4 is 5.97 Å². The van der Waals surface area contributed by atoms with Gasteiger partial charge in [-0.1, -0.05) is 20.8 Å². The molecule has 0 radical (unpaired) electrons. The van der Waals surface area contributed by atoms with E-state index in [2.05, 4.69) is 0 Å². The van der Waals surface area contributed by atoms with Crippen LogP contribution < -0.4 is 5.73 Å². The minimum absolute atomic E-state index is 0.0905. The SMILES string of the molecule is CC(C)(C)C(C)(C)C(=O)OCCCN. The number of esters is 1. The summed E-state index contributed by atoms with van der Waals surface area (Å²) in [6.07, 6.45) is 0.728. The Balaban J connectivity index is 4.23. The summed E-state index contributed by atoms with van der Waals surface area (Å²) in [7, 11) is 0. The van der Waals surface area contributed by atoms with E-state index in [1.807, 2.05) is 34.6 Å². The first-order valence-corrected chi connectivity index (χ1v) is 5.11. The maximum absolute atomic E-state index is 11.7. The minimum Gasteiger partial charge on any atom is -0.465 e. The van der Waals surface area contributed by atoms with Crippen LogP contribution >= 0.6 is 0 Å². The molecule has 14 heavy (non-hydrogen) atoms. The number of nitrogens with two attached hydrogens (primary N) is 1. The lowest BCUT2D eigenvalue weighted by atomic mass is 9.69. The van der Waals surface area contributed by atoms with Crippen molar-refractivity contribution in [2.45, 2.75) is 41.0 Å². The quantitative estimate of drug-likeness (QED) is 0.558. The second kappa shape index (κ2) is 4.78. The standard InChI is InChI=1S/C11H23NO2/c1-10(2,3)11(4,5)9(13)14-8-6-7-12/h6-8,12H2,1-5H3. The first kappa shape index (κ1) is 13.4. The molecule has 0 aromatic heterocycles. The molecule has 0 aliphatic rings. The van der Waals surface area contributed by atoms with Gasteiger partial charge in [0.2, 0.25) is 0 Å². The number of hydrogen-bond acceptors (Lipinski definition) is 3. The number of carbonyl (C=O) groups excluding carboxylic acids is 1. The fourth-order valence-corrected chi connectivity index (χ4v) is 0.735. The van der Waals surface area contributed by atoms with Crippen molar-refractivity contribution in [3.63, 3.8) is 0 Å². The normalized spacial score (nSPS) is 12.7. The van der Waals surface area contributed by atoms with Crippen LogP contribution in [0.15, 0.2) is 0 Å². The van der Waals surface area contributed by atoms with Crippen molar-refractivity contribution < 1.29 is 9.53 Å². The summed E-state index contributed by atoms with van der Waals surface area (Å²) >= 11 is 0. The number of hydrogen-bond donors (Lipinski definition) is 1. The lowest BCUT2D eigenvalue weighted by molar-refractivity contribution is -0.160. The molecule has 0 aromatic carbocycles. The molecule has 0 aliphatic heterocycles. The average Bonchev–Trinajstić information content (AvgIpc) is 2.02. The zero-order valence-corrected chi connectivity index (χ0v) is 10.0. The van der Waals surface area contributed by atoms with Crippen LogP contribution in [0.25, 0.3) is 0 Å². The fourth-order valence-electron chi connectivity index (χ4n) is 0.735. The van der Waals surface area contributed by atoms with E-state index in [9.17, 15) is 4.79 Å².